The van der Waals surface area contributed by atoms with E-state index >= 15 is 0 Å². The van der Waals surface area contributed by atoms with Gasteiger partial charge in [-0.1, -0.05) is 0 Å². The van der Waals surface area contributed by atoms with Crippen molar-refractivity contribution in [2.75, 3.05) is 19.6 Å². The summed E-state index contributed by atoms with van der Waals surface area (Å²) >= 11 is 0. The predicted octanol–water partition coefficient (Wildman–Crippen LogP) is 0.820. The molecule has 2 aliphatic heterocycles. The molecule has 0 radical (unpaired) electrons. The van der Waals surface area contributed by atoms with E-state index in [9.17, 15) is 0 Å². The molecule has 2 heteroatoms. The van der Waals surface area contributed by atoms with Crippen LogP contribution in [0.2, 0.25) is 0 Å². The van der Waals surface area contributed by atoms with Gasteiger partial charge in [0, 0.05) is 5.54 Å². The minimum Gasteiger partial charge on any atom is -0.330 e. The van der Waals surface area contributed by atoms with Crippen LogP contribution < -0.4 is 5.73 Å². The lowest BCUT2D eigenvalue weighted by Gasteiger charge is -2.32. The van der Waals surface area contributed by atoms with Crippen molar-refractivity contribution in [3.8, 4) is 0 Å². The van der Waals surface area contributed by atoms with Crippen molar-refractivity contribution in [1.29, 1.82) is 0 Å². The molecular weight excluding hydrogens is 136 g/mol. The van der Waals surface area contributed by atoms with Crippen LogP contribution >= 0.6 is 0 Å². The fraction of sp³-hybridized carbons (Fsp3) is 1.00. The SMILES string of the molecule is CC12CCCN1CCC2CN. The molecule has 2 N–H and O–H groups in total. The summed E-state index contributed by atoms with van der Waals surface area (Å²) in [6, 6.07) is 0. The average molecular weight is 154 g/mol. The van der Waals surface area contributed by atoms with Crippen LogP contribution in [0.1, 0.15) is 26.2 Å². The van der Waals surface area contributed by atoms with Gasteiger partial charge in [0.25, 0.3) is 0 Å². The quantitative estimate of drug-likeness (QED) is 0.606. The number of hydrogen-bond acceptors (Lipinski definition) is 2. The molecule has 2 unspecified atom stereocenters. The van der Waals surface area contributed by atoms with Gasteiger partial charge in [-0.2, -0.15) is 0 Å². The van der Waals surface area contributed by atoms with Gasteiger partial charge in [-0.3, -0.25) is 4.90 Å². The minimum atomic E-state index is 0.481. The summed E-state index contributed by atoms with van der Waals surface area (Å²) in [6.45, 7) is 5.88. The van der Waals surface area contributed by atoms with Crippen molar-refractivity contribution in [2.24, 2.45) is 11.7 Å². The zero-order valence-corrected chi connectivity index (χ0v) is 7.34. The first-order chi connectivity index (χ1) is 5.27. The standard InChI is InChI=1S/C9H18N2/c1-9-4-2-5-11(9)6-3-8(9)7-10/h8H,2-7,10H2,1H3. The molecule has 2 heterocycles. The molecule has 0 amide bonds. The summed E-state index contributed by atoms with van der Waals surface area (Å²) < 4.78 is 0. The Labute approximate surface area is 68.7 Å². The Hall–Kier alpha value is -0.0800. The Kier molecular flexibility index (Phi) is 1.69. The van der Waals surface area contributed by atoms with E-state index < -0.39 is 0 Å². The second-order valence-electron chi connectivity index (χ2n) is 4.17. The molecule has 0 aromatic carbocycles. The van der Waals surface area contributed by atoms with E-state index in [4.69, 9.17) is 5.73 Å². The Bertz CT molecular complexity index is 158. The van der Waals surface area contributed by atoms with E-state index in [0.29, 0.717) is 5.54 Å². The van der Waals surface area contributed by atoms with Crippen molar-refractivity contribution >= 4 is 0 Å². The summed E-state index contributed by atoms with van der Waals surface area (Å²) in [5, 5.41) is 0. The lowest BCUT2D eigenvalue weighted by atomic mass is 9.85. The molecule has 2 atom stereocenters. The van der Waals surface area contributed by atoms with Crippen molar-refractivity contribution < 1.29 is 0 Å². The third-order valence-corrected chi connectivity index (χ3v) is 3.74. The first kappa shape index (κ1) is 7.56. The lowest BCUT2D eigenvalue weighted by molar-refractivity contribution is 0.175. The zero-order chi connectivity index (χ0) is 7.90. The maximum atomic E-state index is 5.75. The molecule has 0 aliphatic carbocycles. The smallest absolute Gasteiger partial charge is 0.0222 e. The van der Waals surface area contributed by atoms with Gasteiger partial charge in [0.15, 0.2) is 0 Å². The van der Waals surface area contributed by atoms with Gasteiger partial charge in [-0.25, -0.2) is 0 Å². The van der Waals surface area contributed by atoms with Crippen LogP contribution in [-0.2, 0) is 0 Å². The number of rotatable bonds is 1. The predicted molar refractivity (Wildman–Crippen MR) is 46.4 cm³/mol. The molecule has 0 aromatic rings. The molecule has 0 saturated carbocycles. The molecule has 64 valence electrons. The highest BCUT2D eigenvalue weighted by Crippen LogP contribution is 2.41. The van der Waals surface area contributed by atoms with E-state index in [1.54, 1.807) is 0 Å². The molecule has 0 bridgehead atoms. The number of nitrogens with two attached hydrogens (primary N) is 1. The molecule has 2 saturated heterocycles. The first-order valence-corrected chi connectivity index (χ1v) is 4.72. The molecule has 2 nitrogen and oxygen atoms in total. The topological polar surface area (TPSA) is 29.3 Å². The van der Waals surface area contributed by atoms with E-state index in [0.717, 1.165) is 12.5 Å². The highest BCUT2D eigenvalue weighted by Gasteiger charge is 2.46. The van der Waals surface area contributed by atoms with Gasteiger partial charge in [0.2, 0.25) is 0 Å². The molecular formula is C9H18N2. The van der Waals surface area contributed by atoms with E-state index in [1.807, 2.05) is 0 Å². The Morgan fingerprint density at radius 3 is 3.09 bits per heavy atom. The molecule has 2 fully saturated rings. The van der Waals surface area contributed by atoms with Crippen LogP contribution in [0.25, 0.3) is 0 Å². The van der Waals surface area contributed by atoms with Crippen molar-refractivity contribution in [3.05, 3.63) is 0 Å². The number of fused-ring (bicyclic) bond motifs is 1. The van der Waals surface area contributed by atoms with Crippen LogP contribution in [0, 0.1) is 5.92 Å². The molecule has 0 spiro atoms. The van der Waals surface area contributed by atoms with Gasteiger partial charge < -0.3 is 5.73 Å². The fourth-order valence-corrected chi connectivity index (χ4v) is 2.87. The fourth-order valence-electron chi connectivity index (χ4n) is 2.87. The Balaban J connectivity index is 2.16. The number of hydrogen-bond donors (Lipinski definition) is 1. The van der Waals surface area contributed by atoms with Crippen LogP contribution in [0.4, 0.5) is 0 Å². The van der Waals surface area contributed by atoms with Gasteiger partial charge in [-0.15, -0.1) is 0 Å². The van der Waals surface area contributed by atoms with Crippen molar-refractivity contribution in [1.82, 2.24) is 4.90 Å². The third kappa shape index (κ3) is 0.926. The van der Waals surface area contributed by atoms with Crippen LogP contribution in [0.3, 0.4) is 0 Å². The first-order valence-electron chi connectivity index (χ1n) is 4.72. The zero-order valence-electron chi connectivity index (χ0n) is 7.34. The summed E-state index contributed by atoms with van der Waals surface area (Å²) in [5.41, 5.74) is 6.23. The normalized spacial score (nSPS) is 44.7. The molecule has 2 rings (SSSR count). The average Bonchev–Trinajstić information content (AvgIpc) is 2.44. The Morgan fingerprint density at radius 2 is 2.36 bits per heavy atom. The number of nitrogens with zero attached hydrogens (tertiary/aromatic N) is 1. The molecule has 2 aliphatic rings. The summed E-state index contributed by atoms with van der Waals surface area (Å²) in [5.74, 6) is 0.769. The van der Waals surface area contributed by atoms with Gasteiger partial charge >= 0.3 is 0 Å². The maximum Gasteiger partial charge on any atom is 0.0222 e. The summed E-state index contributed by atoms with van der Waals surface area (Å²) in [7, 11) is 0. The second-order valence-corrected chi connectivity index (χ2v) is 4.17. The third-order valence-electron chi connectivity index (χ3n) is 3.74. The lowest BCUT2D eigenvalue weighted by Crippen LogP contribution is -2.42. The van der Waals surface area contributed by atoms with Gasteiger partial charge in [-0.05, 0) is 51.7 Å². The van der Waals surface area contributed by atoms with Crippen LogP contribution in [0.5, 0.6) is 0 Å². The second kappa shape index (κ2) is 2.46. The van der Waals surface area contributed by atoms with Crippen molar-refractivity contribution in [3.63, 3.8) is 0 Å². The summed E-state index contributed by atoms with van der Waals surface area (Å²) in [6.07, 6.45) is 4.08. The molecule has 11 heavy (non-hydrogen) atoms. The van der Waals surface area contributed by atoms with E-state index in [2.05, 4.69) is 11.8 Å². The highest BCUT2D eigenvalue weighted by molar-refractivity contribution is 5.02. The van der Waals surface area contributed by atoms with Crippen LogP contribution in [-0.4, -0.2) is 30.1 Å². The molecule has 0 aromatic heterocycles. The monoisotopic (exact) mass is 154 g/mol. The van der Waals surface area contributed by atoms with E-state index in [-0.39, 0.29) is 0 Å². The minimum absolute atomic E-state index is 0.481. The Morgan fingerprint density at radius 1 is 1.55 bits per heavy atom. The highest BCUT2D eigenvalue weighted by atomic mass is 15.2. The largest absolute Gasteiger partial charge is 0.330 e. The maximum absolute atomic E-state index is 5.75. The summed E-state index contributed by atoms with van der Waals surface area (Å²) in [4.78, 5) is 2.63. The van der Waals surface area contributed by atoms with Crippen molar-refractivity contribution in [2.45, 2.75) is 31.7 Å². The van der Waals surface area contributed by atoms with E-state index in [1.165, 1.54) is 32.4 Å². The van der Waals surface area contributed by atoms with Gasteiger partial charge in [0.05, 0.1) is 0 Å². The van der Waals surface area contributed by atoms with Crippen LogP contribution in [0.15, 0.2) is 0 Å². The van der Waals surface area contributed by atoms with Gasteiger partial charge in [0.1, 0.15) is 0 Å².